The van der Waals surface area contributed by atoms with Crippen LogP contribution in [0, 0.1) is 20.8 Å². The third-order valence-corrected chi connectivity index (χ3v) is 6.39. The zero-order valence-corrected chi connectivity index (χ0v) is 18.2. The quantitative estimate of drug-likeness (QED) is 0.662. The summed E-state index contributed by atoms with van der Waals surface area (Å²) in [6, 6.07) is 7.13. The van der Waals surface area contributed by atoms with Gasteiger partial charge in [-0.25, -0.2) is 9.97 Å². The first-order chi connectivity index (χ1) is 14.3. The number of aryl methyl sites for hydroxylation is 3. The molecule has 4 rings (SSSR count). The Morgan fingerprint density at radius 1 is 1.17 bits per heavy atom. The van der Waals surface area contributed by atoms with Crippen molar-refractivity contribution in [2.24, 2.45) is 0 Å². The van der Waals surface area contributed by atoms with E-state index in [1.165, 1.54) is 18.9 Å². The second kappa shape index (κ2) is 7.64. The largest absolute Gasteiger partial charge is 0.504 e. The molecule has 1 amide bonds. The molecule has 0 radical (unpaired) electrons. The average Bonchev–Trinajstić information content (AvgIpc) is 2.94. The molecule has 3 heterocycles. The van der Waals surface area contributed by atoms with Gasteiger partial charge in [-0.15, -0.1) is 11.8 Å². The second-order valence-electron chi connectivity index (χ2n) is 7.29. The highest BCUT2D eigenvalue weighted by atomic mass is 32.2. The number of carbonyl (C=O) groups excluding carboxylic acids is 1. The highest BCUT2D eigenvalue weighted by Crippen LogP contribution is 2.47. The van der Waals surface area contributed by atoms with Gasteiger partial charge in [0.05, 0.1) is 23.3 Å². The predicted molar refractivity (Wildman–Crippen MR) is 116 cm³/mol. The standard InChI is InChI=1S/C21H23N5O3S/c1-10-8-11(2)23-21(22-10)26-19-17(12(3)25-26)18(30-13(4)20(28)24-19)14-6-7-15(27)16(9-14)29-5/h6-9,13,18,27H,1-5H3,(H,24,28). The lowest BCUT2D eigenvalue weighted by Gasteiger charge is -2.18. The van der Waals surface area contributed by atoms with Crippen LogP contribution in [0.1, 0.15) is 40.4 Å². The van der Waals surface area contributed by atoms with Gasteiger partial charge in [0, 0.05) is 17.0 Å². The number of ether oxygens (including phenoxy) is 1. The monoisotopic (exact) mass is 425 g/mol. The van der Waals surface area contributed by atoms with Crippen LogP contribution < -0.4 is 10.1 Å². The number of phenolic OH excluding ortho intramolecular Hbond substituents is 1. The summed E-state index contributed by atoms with van der Waals surface area (Å²) < 4.78 is 6.90. The van der Waals surface area contributed by atoms with Crippen molar-refractivity contribution < 1.29 is 14.6 Å². The van der Waals surface area contributed by atoms with Gasteiger partial charge in [-0.2, -0.15) is 9.78 Å². The first-order valence-corrected chi connectivity index (χ1v) is 10.5. The molecule has 3 aromatic rings. The highest BCUT2D eigenvalue weighted by molar-refractivity contribution is 8.01. The third-order valence-electron chi connectivity index (χ3n) is 4.99. The molecule has 30 heavy (non-hydrogen) atoms. The molecule has 1 aliphatic heterocycles. The lowest BCUT2D eigenvalue weighted by atomic mass is 10.0. The van der Waals surface area contributed by atoms with E-state index in [2.05, 4.69) is 20.4 Å². The molecule has 0 saturated heterocycles. The summed E-state index contributed by atoms with van der Waals surface area (Å²) in [7, 11) is 1.51. The van der Waals surface area contributed by atoms with Crippen molar-refractivity contribution in [2.45, 2.75) is 38.2 Å². The molecule has 0 bridgehead atoms. The van der Waals surface area contributed by atoms with Crippen molar-refractivity contribution in [1.29, 1.82) is 0 Å². The fourth-order valence-corrected chi connectivity index (χ4v) is 4.89. The number of hydrogen-bond donors (Lipinski definition) is 2. The molecule has 0 spiro atoms. The van der Waals surface area contributed by atoms with E-state index in [9.17, 15) is 9.90 Å². The smallest absolute Gasteiger partial charge is 0.252 e. The lowest BCUT2D eigenvalue weighted by molar-refractivity contribution is -0.115. The normalized spacial score (nSPS) is 18.5. The minimum atomic E-state index is -0.296. The Hall–Kier alpha value is -3.07. The zero-order valence-electron chi connectivity index (χ0n) is 17.4. The molecule has 0 aliphatic carbocycles. The van der Waals surface area contributed by atoms with Crippen LogP contribution in [0.4, 0.5) is 5.82 Å². The van der Waals surface area contributed by atoms with Crippen LogP contribution in [0.15, 0.2) is 24.3 Å². The highest BCUT2D eigenvalue weighted by Gasteiger charge is 2.34. The van der Waals surface area contributed by atoms with Crippen molar-refractivity contribution in [3.63, 3.8) is 0 Å². The number of nitrogens with zero attached hydrogens (tertiary/aromatic N) is 4. The van der Waals surface area contributed by atoms with Gasteiger partial charge < -0.3 is 15.2 Å². The summed E-state index contributed by atoms with van der Waals surface area (Å²) in [5.74, 6) is 1.32. The minimum Gasteiger partial charge on any atom is -0.504 e. The molecule has 9 heteroatoms. The second-order valence-corrected chi connectivity index (χ2v) is 8.74. The van der Waals surface area contributed by atoms with Gasteiger partial charge in [-0.3, -0.25) is 4.79 Å². The van der Waals surface area contributed by atoms with E-state index in [0.29, 0.717) is 17.5 Å². The third kappa shape index (κ3) is 3.49. The van der Waals surface area contributed by atoms with E-state index < -0.39 is 0 Å². The number of rotatable bonds is 3. The van der Waals surface area contributed by atoms with Crippen LogP contribution in [0.25, 0.3) is 5.95 Å². The molecule has 2 unspecified atom stereocenters. The molecule has 1 aliphatic rings. The van der Waals surface area contributed by atoms with Crippen LogP contribution in [0.3, 0.4) is 0 Å². The Morgan fingerprint density at radius 3 is 2.53 bits per heavy atom. The Bertz CT molecular complexity index is 1120. The van der Waals surface area contributed by atoms with Crippen LogP contribution in [0.2, 0.25) is 0 Å². The Kier molecular flexibility index (Phi) is 5.15. The number of amides is 1. The first-order valence-electron chi connectivity index (χ1n) is 9.54. The predicted octanol–water partition coefficient (Wildman–Crippen LogP) is 3.46. The fourth-order valence-electron chi connectivity index (χ4n) is 3.58. The minimum absolute atomic E-state index is 0.0680. The number of carbonyl (C=O) groups is 1. The summed E-state index contributed by atoms with van der Waals surface area (Å²) in [5, 5.41) is 17.2. The topological polar surface area (TPSA) is 102 Å². The molecular formula is C21H23N5O3S. The number of nitrogens with one attached hydrogen (secondary N) is 1. The molecule has 0 saturated carbocycles. The zero-order chi connectivity index (χ0) is 21.6. The molecule has 8 nitrogen and oxygen atoms in total. The van der Waals surface area contributed by atoms with Crippen molar-refractivity contribution in [1.82, 2.24) is 19.7 Å². The Labute approximate surface area is 178 Å². The van der Waals surface area contributed by atoms with Gasteiger partial charge in [0.2, 0.25) is 5.91 Å². The van der Waals surface area contributed by atoms with Crippen molar-refractivity contribution in [3.8, 4) is 17.4 Å². The van der Waals surface area contributed by atoms with E-state index in [1.54, 1.807) is 16.8 Å². The molecule has 0 fully saturated rings. The van der Waals surface area contributed by atoms with Crippen molar-refractivity contribution in [2.75, 3.05) is 12.4 Å². The maximum absolute atomic E-state index is 12.8. The number of aromatic hydroxyl groups is 1. The van der Waals surface area contributed by atoms with Crippen LogP contribution in [0.5, 0.6) is 11.5 Å². The molecule has 2 N–H and O–H groups in total. The van der Waals surface area contributed by atoms with E-state index >= 15 is 0 Å². The fraction of sp³-hybridized carbons (Fsp3) is 0.333. The molecule has 156 valence electrons. The number of phenols is 1. The number of aromatic nitrogens is 4. The maximum atomic E-state index is 12.8. The number of fused-ring (bicyclic) bond motifs is 1. The van der Waals surface area contributed by atoms with Gasteiger partial charge in [0.15, 0.2) is 11.5 Å². The first kappa shape index (κ1) is 20.2. The van der Waals surface area contributed by atoms with Gasteiger partial charge in [0.1, 0.15) is 5.82 Å². The number of thioether (sulfide) groups is 1. The number of methoxy groups -OCH3 is 1. The van der Waals surface area contributed by atoms with Crippen LogP contribution in [-0.2, 0) is 4.79 Å². The van der Waals surface area contributed by atoms with Crippen molar-refractivity contribution in [3.05, 3.63) is 52.5 Å². The summed E-state index contributed by atoms with van der Waals surface area (Å²) >= 11 is 1.52. The molecule has 2 atom stereocenters. The van der Waals surface area contributed by atoms with E-state index in [-0.39, 0.29) is 22.2 Å². The van der Waals surface area contributed by atoms with Gasteiger partial charge in [0.25, 0.3) is 5.95 Å². The molecular weight excluding hydrogens is 402 g/mol. The maximum Gasteiger partial charge on any atom is 0.252 e. The SMILES string of the molecule is COc1cc(C2SC(C)C(=O)Nc3c2c(C)nn3-c2nc(C)cc(C)n2)ccc1O. The van der Waals surface area contributed by atoms with E-state index in [0.717, 1.165) is 28.2 Å². The average molecular weight is 426 g/mol. The van der Waals surface area contributed by atoms with E-state index in [4.69, 9.17) is 4.74 Å². The van der Waals surface area contributed by atoms with Gasteiger partial charge in [-0.05, 0) is 51.5 Å². The molecule has 1 aromatic carbocycles. The van der Waals surface area contributed by atoms with Gasteiger partial charge >= 0.3 is 0 Å². The number of anilines is 1. The summed E-state index contributed by atoms with van der Waals surface area (Å²) in [6.45, 7) is 7.58. The van der Waals surface area contributed by atoms with Crippen molar-refractivity contribution >= 4 is 23.5 Å². The lowest BCUT2D eigenvalue weighted by Crippen LogP contribution is -2.23. The molecule has 2 aromatic heterocycles. The Balaban J connectivity index is 1.92. The summed E-state index contributed by atoms with van der Waals surface area (Å²) in [6.07, 6.45) is 0. The van der Waals surface area contributed by atoms with Gasteiger partial charge in [-0.1, -0.05) is 6.07 Å². The van der Waals surface area contributed by atoms with Crippen LogP contribution >= 0.6 is 11.8 Å². The summed E-state index contributed by atoms with van der Waals surface area (Å²) in [5.41, 5.74) is 4.20. The number of hydrogen-bond acceptors (Lipinski definition) is 7. The van der Waals surface area contributed by atoms with E-state index in [1.807, 2.05) is 39.8 Å². The summed E-state index contributed by atoms with van der Waals surface area (Å²) in [4.78, 5) is 21.8. The Morgan fingerprint density at radius 2 is 1.87 bits per heavy atom. The van der Waals surface area contributed by atoms with Crippen LogP contribution in [-0.4, -0.2) is 43.1 Å². The number of benzene rings is 1.